The van der Waals surface area contributed by atoms with Gasteiger partial charge in [-0.15, -0.1) is 0 Å². The van der Waals surface area contributed by atoms with E-state index < -0.39 is 24.3 Å². The van der Waals surface area contributed by atoms with Crippen LogP contribution in [0.1, 0.15) is 18.1 Å². The number of hydrogen-bond acceptors (Lipinski definition) is 2. The Morgan fingerprint density at radius 2 is 2.21 bits per heavy atom. The Morgan fingerprint density at radius 3 is 2.71 bits per heavy atom. The van der Waals surface area contributed by atoms with Crippen LogP contribution in [-0.4, -0.2) is 16.2 Å². The van der Waals surface area contributed by atoms with Gasteiger partial charge in [0.15, 0.2) is 0 Å². The molecule has 0 radical (unpaired) electrons. The fourth-order valence-electron chi connectivity index (χ4n) is 1.05. The third-order valence-electron chi connectivity index (χ3n) is 1.69. The molecule has 5 heteroatoms. The first-order chi connectivity index (χ1) is 6.50. The first-order valence-corrected chi connectivity index (χ1v) is 4.23. The second kappa shape index (κ2) is 4.39. The normalized spacial score (nSPS) is 12.5. The molecular formula is C9H8ClFO3. The quantitative estimate of drug-likeness (QED) is 0.816. The number of benzene rings is 1. The van der Waals surface area contributed by atoms with Crippen molar-refractivity contribution in [2.75, 3.05) is 0 Å². The molecule has 1 atom stereocenters. The molecule has 0 aliphatic heterocycles. The summed E-state index contributed by atoms with van der Waals surface area (Å²) in [5.74, 6) is -1.89. The van der Waals surface area contributed by atoms with E-state index in [9.17, 15) is 14.3 Å². The van der Waals surface area contributed by atoms with Gasteiger partial charge >= 0.3 is 5.97 Å². The number of rotatable bonds is 3. The number of hydrogen-bond donors (Lipinski definition) is 2. The van der Waals surface area contributed by atoms with Gasteiger partial charge in [-0.25, -0.2) is 4.39 Å². The van der Waals surface area contributed by atoms with Gasteiger partial charge in [-0.3, -0.25) is 4.79 Å². The summed E-state index contributed by atoms with van der Waals surface area (Å²) >= 11 is 5.49. The lowest BCUT2D eigenvalue weighted by Crippen LogP contribution is -2.07. The largest absolute Gasteiger partial charge is 0.481 e. The van der Waals surface area contributed by atoms with E-state index in [-0.39, 0.29) is 10.6 Å². The zero-order chi connectivity index (χ0) is 10.7. The third kappa shape index (κ3) is 2.68. The van der Waals surface area contributed by atoms with Crippen LogP contribution in [0.4, 0.5) is 4.39 Å². The lowest BCUT2D eigenvalue weighted by molar-refractivity contribution is -0.139. The van der Waals surface area contributed by atoms with Gasteiger partial charge in [-0.05, 0) is 12.1 Å². The molecule has 0 aromatic heterocycles. The maximum absolute atomic E-state index is 13.1. The van der Waals surface area contributed by atoms with E-state index in [1.807, 2.05) is 0 Å². The first-order valence-electron chi connectivity index (χ1n) is 3.85. The number of carboxylic acids is 1. The van der Waals surface area contributed by atoms with Crippen LogP contribution < -0.4 is 0 Å². The Hall–Kier alpha value is -1.13. The molecule has 0 heterocycles. The maximum Gasteiger partial charge on any atom is 0.306 e. The van der Waals surface area contributed by atoms with Crippen LogP contribution in [-0.2, 0) is 4.79 Å². The molecule has 1 rings (SSSR count). The van der Waals surface area contributed by atoms with Crippen molar-refractivity contribution in [1.29, 1.82) is 0 Å². The average Bonchev–Trinajstić information content (AvgIpc) is 2.01. The Labute approximate surface area is 84.7 Å². The standard InChI is InChI=1S/C9H8ClFO3/c10-5-1-2-6(7(11)3-5)8(12)4-9(13)14/h1-3,8,12H,4H2,(H,13,14). The summed E-state index contributed by atoms with van der Waals surface area (Å²) in [6.07, 6.45) is -1.87. The fourth-order valence-corrected chi connectivity index (χ4v) is 1.21. The predicted octanol–water partition coefficient (Wildman–Crippen LogP) is 1.99. The second-order valence-electron chi connectivity index (χ2n) is 2.78. The third-order valence-corrected chi connectivity index (χ3v) is 1.92. The van der Waals surface area contributed by atoms with Gasteiger partial charge in [0, 0.05) is 10.6 Å². The van der Waals surface area contributed by atoms with Gasteiger partial charge in [0.2, 0.25) is 0 Å². The molecule has 0 fully saturated rings. The highest BCUT2D eigenvalue weighted by atomic mass is 35.5. The summed E-state index contributed by atoms with van der Waals surface area (Å²) < 4.78 is 13.1. The monoisotopic (exact) mass is 218 g/mol. The van der Waals surface area contributed by atoms with Crippen molar-refractivity contribution in [3.05, 3.63) is 34.6 Å². The number of aliphatic hydroxyl groups is 1. The highest BCUT2D eigenvalue weighted by Crippen LogP contribution is 2.22. The van der Waals surface area contributed by atoms with Gasteiger partial charge in [0.05, 0.1) is 12.5 Å². The number of halogens is 2. The van der Waals surface area contributed by atoms with Gasteiger partial charge in [-0.2, -0.15) is 0 Å². The van der Waals surface area contributed by atoms with Crippen molar-refractivity contribution in [3.8, 4) is 0 Å². The molecule has 0 spiro atoms. The number of carboxylic acid groups (broad SMARTS) is 1. The van der Waals surface area contributed by atoms with E-state index in [1.165, 1.54) is 12.1 Å². The summed E-state index contributed by atoms with van der Waals surface area (Å²) in [7, 11) is 0. The Kier molecular flexibility index (Phi) is 3.43. The molecule has 76 valence electrons. The average molecular weight is 219 g/mol. The van der Waals surface area contributed by atoms with Crippen molar-refractivity contribution >= 4 is 17.6 Å². The highest BCUT2D eigenvalue weighted by Gasteiger charge is 2.15. The molecular weight excluding hydrogens is 211 g/mol. The SMILES string of the molecule is O=C(O)CC(O)c1ccc(Cl)cc1F. The molecule has 2 N–H and O–H groups in total. The van der Waals surface area contributed by atoms with Crippen molar-refractivity contribution < 1.29 is 19.4 Å². The van der Waals surface area contributed by atoms with Crippen LogP contribution in [0.25, 0.3) is 0 Å². The van der Waals surface area contributed by atoms with E-state index in [0.29, 0.717) is 0 Å². The van der Waals surface area contributed by atoms with Gasteiger partial charge < -0.3 is 10.2 Å². The molecule has 1 aromatic rings. The van der Waals surface area contributed by atoms with E-state index in [0.717, 1.165) is 6.07 Å². The molecule has 14 heavy (non-hydrogen) atoms. The van der Waals surface area contributed by atoms with E-state index >= 15 is 0 Å². The molecule has 1 aromatic carbocycles. The molecule has 0 aliphatic carbocycles. The number of aliphatic hydroxyl groups excluding tert-OH is 1. The molecule has 0 amide bonds. The fraction of sp³-hybridized carbons (Fsp3) is 0.222. The lowest BCUT2D eigenvalue weighted by Gasteiger charge is -2.09. The summed E-state index contributed by atoms with van der Waals surface area (Å²) in [6.45, 7) is 0. The van der Waals surface area contributed by atoms with Crippen molar-refractivity contribution in [2.24, 2.45) is 0 Å². The maximum atomic E-state index is 13.1. The van der Waals surface area contributed by atoms with Crippen LogP contribution in [0.2, 0.25) is 5.02 Å². The Bertz CT molecular complexity index is 354. The molecule has 0 saturated heterocycles. The minimum Gasteiger partial charge on any atom is -0.481 e. The van der Waals surface area contributed by atoms with Gasteiger partial charge in [-0.1, -0.05) is 17.7 Å². The number of carbonyl (C=O) groups is 1. The zero-order valence-electron chi connectivity index (χ0n) is 7.08. The molecule has 0 aliphatic rings. The van der Waals surface area contributed by atoms with E-state index in [1.54, 1.807) is 0 Å². The highest BCUT2D eigenvalue weighted by molar-refractivity contribution is 6.30. The summed E-state index contributed by atoms with van der Waals surface area (Å²) in [6, 6.07) is 3.69. The van der Waals surface area contributed by atoms with Crippen molar-refractivity contribution in [3.63, 3.8) is 0 Å². The van der Waals surface area contributed by atoms with Crippen molar-refractivity contribution in [2.45, 2.75) is 12.5 Å². The number of aliphatic carboxylic acids is 1. The summed E-state index contributed by atoms with van der Waals surface area (Å²) in [4.78, 5) is 10.3. The van der Waals surface area contributed by atoms with Crippen molar-refractivity contribution in [1.82, 2.24) is 0 Å². The smallest absolute Gasteiger partial charge is 0.306 e. The molecule has 3 nitrogen and oxygen atoms in total. The molecule has 1 unspecified atom stereocenters. The van der Waals surface area contributed by atoms with Crippen LogP contribution in [0, 0.1) is 5.82 Å². The minimum absolute atomic E-state index is 0.0585. The topological polar surface area (TPSA) is 57.5 Å². The van der Waals surface area contributed by atoms with Gasteiger partial charge in [0.1, 0.15) is 5.82 Å². The first kappa shape index (κ1) is 10.9. The van der Waals surface area contributed by atoms with Crippen LogP contribution in [0.5, 0.6) is 0 Å². The van der Waals surface area contributed by atoms with E-state index in [2.05, 4.69) is 0 Å². The molecule has 0 bridgehead atoms. The minimum atomic E-state index is -1.34. The predicted molar refractivity (Wildman–Crippen MR) is 48.6 cm³/mol. The van der Waals surface area contributed by atoms with Crippen LogP contribution in [0.3, 0.4) is 0 Å². The molecule has 0 saturated carbocycles. The lowest BCUT2D eigenvalue weighted by atomic mass is 10.1. The van der Waals surface area contributed by atoms with Gasteiger partial charge in [0.25, 0.3) is 0 Å². The van der Waals surface area contributed by atoms with E-state index in [4.69, 9.17) is 16.7 Å². The Morgan fingerprint density at radius 1 is 1.57 bits per heavy atom. The Balaban J connectivity index is 2.90. The summed E-state index contributed by atoms with van der Waals surface area (Å²) in [5, 5.41) is 17.9. The van der Waals surface area contributed by atoms with Crippen LogP contribution >= 0.6 is 11.6 Å². The zero-order valence-corrected chi connectivity index (χ0v) is 7.83. The summed E-state index contributed by atoms with van der Waals surface area (Å²) in [5.41, 5.74) is -0.0585. The van der Waals surface area contributed by atoms with Crippen LogP contribution in [0.15, 0.2) is 18.2 Å². The second-order valence-corrected chi connectivity index (χ2v) is 3.22.